The van der Waals surface area contributed by atoms with Crippen LogP contribution in [0.4, 0.5) is 0 Å². The van der Waals surface area contributed by atoms with Gasteiger partial charge >= 0.3 is 0 Å². The minimum Gasteiger partial charge on any atom is -0.267 e. The SMILES string of the molecule is CC(C)(C)N(NC(=O)c1ccccc1)C(=O)c1ccc(I)cc1. The van der Waals surface area contributed by atoms with Crippen LogP contribution in [0.1, 0.15) is 41.5 Å². The van der Waals surface area contributed by atoms with Gasteiger partial charge in [0.1, 0.15) is 0 Å². The molecule has 2 aromatic rings. The van der Waals surface area contributed by atoms with Crippen molar-refractivity contribution in [3.05, 3.63) is 69.3 Å². The number of nitrogens with zero attached hydrogens (tertiary/aromatic N) is 1. The smallest absolute Gasteiger partial charge is 0.267 e. The molecule has 0 heterocycles. The second-order valence-electron chi connectivity index (χ2n) is 6.13. The second kappa shape index (κ2) is 7.12. The summed E-state index contributed by atoms with van der Waals surface area (Å²) in [5.41, 5.74) is 3.23. The normalized spacial score (nSPS) is 11.0. The van der Waals surface area contributed by atoms with Gasteiger partial charge in [0.2, 0.25) is 0 Å². The lowest BCUT2D eigenvalue weighted by atomic mass is 10.1. The zero-order valence-corrected chi connectivity index (χ0v) is 15.5. The maximum atomic E-state index is 12.8. The predicted molar refractivity (Wildman–Crippen MR) is 99.0 cm³/mol. The van der Waals surface area contributed by atoms with E-state index in [4.69, 9.17) is 0 Å². The van der Waals surface area contributed by atoms with Crippen LogP contribution in [0.25, 0.3) is 0 Å². The lowest BCUT2D eigenvalue weighted by Crippen LogP contribution is -2.55. The van der Waals surface area contributed by atoms with Gasteiger partial charge < -0.3 is 0 Å². The molecule has 0 aliphatic rings. The Bertz CT molecular complexity index is 691. The first-order valence-corrected chi connectivity index (χ1v) is 8.33. The Morgan fingerprint density at radius 1 is 0.913 bits per heavy atom. The Balaban J connectivity index is 2.26. The highest BCUT2D eigenvalue weighted by Crippen LogP contribution is 2.17. The molecule has 0 atom stereocenters. The molecular weight excluding hydrogens is 403 g/mol. The zero-order chi connectivity index (χ0) is 17.0. The van der Waals surface area contributed by atoms with Gasteiger partial charge in [0.15, 0.2) is 0 Å². The molecule has 120 valence electrons. The van der Waals surface area contributed by atoms with Gasteiger partial charge in [0.25, 0.3) is 11.8 Å². The fraction of sp³-hybridized carbons (Fsp3) is 0.222. The molecule has 2 amide bonds. The number of carbonyl (C=O) groups is 2. The molecule has 5 heteroatoms. The van der Waals surface area contributed by atoms with E-state index in [1.807, 2.05) is 39.0 Å². The van der Waals surface area contributed by atoms with Crippen molar-refractivity contribution in [1.29, 1.82) is 0 Å². The van der Waals surface area contributed by atoms with Gasteiger partial charge in [-0.2, -0.15) is 0 Å². The van der Waals surface area contributed by atoms with Crippen molar-refractivity contribution in [2.45, 2.75) is 26.3 Å². The number of amides is 2. The maximum Gasteiger partial charge on any atom is 0.272 e. The van der Waals surface area contributed by atoms with Crippen molar-refractivity contribution in [1.82, 2.24) is 10.4 Å². The Hall–Kier alpha value is -1.89. The van der Waals surface area contributed by atoms with Crippen LogP contribution in [0.2, 0.25) is 0 Å². The van der Waals surface area contributed by atoms with Crippen LogP contribution in [0.15, 0.2) is 54.6 Å². The lowest BCUT2D eigenvalue weighted by Gasteiger charge is -2.35. The molecule has 0 saturated heterocycles. The van der Waals surface area contributed by atoms with E-state index in [1.54, 1.807) is 36.4 Å². The van der Waals surface area contributed by atoms with Crippen molar-refractivity contribution >= 4 is 34.4 Å². The van der Waals surface area contributed by atoms with Crippen molar-refractivity contribution in [2.75, 3.05) is 0 Å². The van der Waals surface area contributed by atoms with E-state index in [2.05, 4.69) is 28.0 Å². The summed E-state index contributed by atoms with van der Waals surface area (Å²) in [6, 6.07) is 16.1. The first kappa shape index (κ1) is 17.5. The monoisotopic (exact) mass is 422 g/mol. The van der Waals surface area contributed by atoms with Crippen LogP contribution in [0.3, 0.4) is 0 Å². The van der Waals surface area contributed by atoms with Crippen LogP contribution in [0.5, 0.6) is 0 Å². The molecule has 23 heavy (non-hydrogen) atoms. The molecule has 4 nitrogen and oxygen atoms in total. The van der Waals surface area contributed by atoms with Gasteiger partial charge in [-0.3, -0.25) is 15.0 Å². The molecule has 1 N–H and O–H groups in total. The van der Waals surface area contributed by atoms with Crippen LogP contribution in [-0.2, 0) is 0 Å². The molecule has 0 radical (unpaired) electrons. The molecule has 0 aliphatic heterocycles. The number of nitrogens with one attached hydrogen (secondary N) is 1. The summed E-state index contributed by atoms with van der Waals surface area (Å²) >= 11 is 2.19. The summed E-state index contributed by atoms with van der Waals surface area (Å²) in [5, 5.41) is 1.38. The molecule has 0 spiro atoms. The molecule has 0 unspecified atom stereocenters. The molecule has 0 saturated carbocycles. The van der Waals surface area contributed by atoms with Crippen molar-refractivity contribution < 1.29 is 9.59 Å². The highest BCUT2D eigenvalue weighted by atomic mass is 127. The Labute approximate surface area is 150 Å². The minimum absolute atomic E-state index is 0.238. The molecule has 2 aromatic carbocycles. The average molecular weight is 422 g/mol. The predicted octanol–water partition coefficient (Wildman–Crippen LogP) is 3.88. The lowest BCUT2D eigenvalue weighted by molar-refractivity contribution is 0.0358. The number of hydrogen-bond acceptors (Lipinski definition) is 2. The number of hydrogen-bond donors (Lipinski definition) is 1. The highest BCUT2D eigenvalue weighted by Gasteiger charge is 2.29. The van der Waals surface area contributed by atoms with Gasteiger partial charge in [-0.05, 0) is 79.8 Å². The Morgan fingerprint density at radius 3 is 2.00 bits per heavy atom. The van der Waals surface area contributed by atoms with Crippen molar-refractivity contribution in [2.24, 2.45) is 0 Å². The first-order valence-electron chi connectivity index (χ1n) is 7.25. The third-order valence-electron chi connectivity index (χ3n) is 3.21. The fourth-order valence-corrected chi connectivity index (χ4v) is 2.36. The molecule has 0 bridgehead atoms. The molecule has 0 aromatic heterocycles. The van der Waals surface area contributed by atoms with Gasteiger partial charge in [-0.25, -0.2) is 5.01 Å². The standard InChI is InChI=1S/C18H19IN2O2/c1-18(2,3)21(17(23)14-9-11-15(19)12-10-14)20-16(22)13-7-5-4-6-8-13/h4-12H,1-3H3,(H,20,22). The number of rotatable bonds is 2. The summed E-state index contributed by atoms with van der Waals surface area (Å²) in [5.74, 6) is -0.544. The second-order valence-corrected chi connectivity index (χ2v) is 7.37. The average Bonchev–Trinajstić information content (AvgIpc) is 2.52. The minimum atomic E-state index is -0.551. The van der Waals surface area contributed by atoms with Gasteiger partial charge in [-0.1, -0.05) is 18.2 Å². The number of benzene rings is 2. The topological polar surface area (TPSA) is 49.4 Å². The highest BCUT2D eigenvalue weighted by molar-refractivity contribution is 14.1. The third-order valence-corrected chi connectivity index (χ3v) is 3.93. The summed E-state index contributed by atoms with van der Waals surface area (Å²) in [6.07, 6.45) is 0. The summed E-state index contributed by atoms with van der Waals surface area (Å²) in [4.78, 5) is 25.2. The number of halogens is 1. The Kier molecular flexibility index (Phi) is 5.41. The maximum absolute atomic E-state index is 12.8. The van der Waals surface area contributed by atoms with Crippen LogP contribution >= 0.6 is 22.6 Å². The van der Waals surface area contributed by atoms with E-state index in [-0.39, 0.29) is 11.8 Å². The summed E-state index contributed by atoms with van der Waals surface area (Å²) < 4.78 is 1.05. The molecular formula is C18H19IN2O2. The van der Waals surface area contributed by atoms with Crippen LogP contribution in [0, 0.1) is 3.57 Å². The van der Waals surface area contributed by atoms with E-state index >= 15 is 0 Å². The quantitative estimate of drug-likeness (QED) is 0.590. The van der Waals surface area contributed by atoms with E-state index in [1.165, 1.54) is 5.01 Å². The summed E-state index contributed by atoms with van der Waals surface area (Å²) in [7, 11) is 0. The summed E-state index contributed by atoms with van der Waals surface area (Å²) in [6.45, 7) is 5.63. The van der Waals surface area contributed by atoms with Gasteiger partial charge in [0.05, 0.1) is 5.54 Å². The van der Waals surface area contributed by atoms with Crippen molar-refractivity contribution in [3.8, 4) is 0 Å². The van der Waals surface area contributed by atoms with Gasteiger partial charge in [0, 0.05) is 14.7 Å². The van der Waals surface area contributed by atoms with E-state index in [9.17, 15) is 9.59 Å². The fourth-order valence-electron chi connectivity index (χ4n) is 2.00. The largest absolute Gasteiger partial charge is 0.272 e. The van der Waals surface area contributed by atoms with Crippen LogP contribution in [-0.4, -0.2) is 22.4 Å². The third kappa shape index (κ3) is 4.54. The molecule has 2 rings (SSSR count). The zero-order valence-electron chi connectivity index (χ0n) is 13.3. The van der Waals surface area contributed by atoms with Gasteiger partial charge in [-0.15, -0.1) is 0 Å². The van der Waals surface area contributed by atoms with E-state index < -0.39 is 5.54 Å². The first-order chi connectivity index (χ1) is 10.8. The van der Waals surface area contributed by atoms with Crippen molar-refractivity contribution in [3.63, 3.8) is 0 Å². The number of hydrazine groups is 1. The van der Waals surface area contributed by atoms with E-state index in [0.29, 0.717) is 11.1 Å². The molecule has 0 fully saturated rings. The van der Waals surface area contributed by atoms with E-state index in [0.717, 1.165) is 3.57 Å². The Morgan fingerprint density at radius 2 is 1.48 bits per heavy atom. The van der Waals surface area contributed by atoms with Crippen LogP contribution < -0.4 is 5.43 Å². The molecule has 0 aliphatic carbocycles. The number of carbonyl (C=O) groups excluding carboxylic acids is 2.